The fraction of sp³-hybridized carbons (Fsp3) is 0.500. The predicted molar refractivity (Wildman–Crippen MR) is 175 cm³/mol. The molecule has 1 saturated carbocycles. The van der Waals surface area contributed by atoms with Gasteiger partial charge in [0, 0.05) is 30.0 Å². The van der Waals surface area contributed by atoms with Crippen molar-refractivity contribution in [1.82, 2.24) is 20.5 Å². The quantitative estimate of drug-likeness (QED) is 0.257. The van der Waals surface area contributed by atoms with E-state index < -0.39 is 11.9 Å². The van der Waals surface area contributed by atoms with Crippen LogP contribution in [0.5, 0.6) is 5.75 Å². The maximum atomic E-state index is 14.0. The number of carbonyl (C=O) groups is 3. The number of amides is 2. The van der Waals surface area contributed by atoms with Crippen molar-refractivity contribution in [1.29, 1.82) is 0 Å². The third-order valence-electron chi connectivity index (χ3n) is 9.21. The topological polar surface area (TPSA) is 110 Å². The second-order valence-corrected chi connectivity index (χ2v) is 12.4. The Bertz CT molecular complexity index is 1500. The lowest BCUT2D eigenvalue weighted by Crippen LogP contribution is -2.47. The van der Waals surface area contributed by atoms with Crippen molar-refractivity contribution in [2.24, 2.45) is 0 Å². The summed E-state index contributed by atoms with van der Waals surface area (Å²) in [6.45, 7) is 3.54. The molecule has 0 spiro atoms. The van der Waals surface area contributed by atoms with E-state index >= 15 is 0 Å². The van der Waals surface area contributed by atoms with Gasteiger partial charge in [-0.2, -0.15) is 0 Å². The number of nitrogens with zero attached hydrogens (tertiary/aromatic N) is 2. The molecule has 2 aromatic carbocycles. The number of rotatable bonds is 12. The summed E-state index contributed by atoms with van der Waals surface area (Å²) in [5, 5.41) is 6.67. The number of pyridine rings is 1. The lowest BCUT2D eigenvalue weighted by molar-refractivity contribution is -0.150. The van der Waals surface area contributed by atoms with Gasteiger partial charge >= 0.3 is 5.97 Å². The highest BCUT2D eigenvalue weighted by molar-refractivity contribution is 6.08. The number of aromatic nitrogens is 1. The van der Waals surface area contributed by atoms with Crippen molar-refractivity contribution in [2.75, 3.05) is 27.2 Å². The van der Waals surface area contributed by atoms with Gasteiger partial charge in [0.05, 0.1) is 23.9 Å². The number of fused-ring (bicyclic) bond motifs is 1. The lowest BCUT2D eigenvalue weighted by atomic mass is 9.98. The summed E-state index contributed by atoms with van der Waals surface area (Å²) in [6, 6.07) is 14.6. The van der Waals surface area contributed by atoms with Crippen LogP contribution in [0.4, 0.5) is 0 Å². The number of carbonyl (C=O) groups excluding carboxylic acids is 3. The van der Waals surface area contributed by atoms with Gasteiger partial charge in [-0.15, -0.1) is 0 Å². The molecule has 5 rings (SSSR count). The molecule has 45 heavy (non-hydrogen) atoms. The average molecular weight is 615 g/mol. The van der Waals surface area contributed by atoms with Crippen LogP contribution in [-0.2, 0) is 14.3 Å². The average Bonchev–Trinajstić information content (AvgIpc) is 3.46. The van der Waals surface area contributed by atoms with Crippen molar-refractivity contribution in [3.8, 4) is 17.0 Å². The van der Waals surface area contributed by atoms with E-state index in [2.05, 4.69) is 22.6 Å². The number of ether oxygens (including phenoxy) is 2. The summed E-state index contributed by atoms with van der Waals surface area (Å²) in [7, 11) is 3.75. The van der Waals surface area contributed by atoms with E-state index in [1.807, 2.05) is 49.4 Å². The zero-order valence-corrected chi connectivity index (χ0v) is 26.8. The Morgan fingerprint density at radius 2 is 1.82 bits per heavy atom. The molecule has 2 atom stereocenters. The molecule has 2 N–H and O–H groups in total. The minimum Gasteiger partial charge on any atom is -0.496 e. The number of likely N-dealkylation sites (tertiary alicyclic amines) is 1. The van der Waals surface area contributed by atoms with Crippen LogP contribution in [-0.4, -0.2) is 73.1 Å². The first-order valence-corrected chi connectivity index (χ1v) is 16.4. The molecule has 0 bridgehead atoms. The molecule has 240 valence electrons. The highest BCUT2D eigenvalue weighted by atomic mass is 16.5. The molecule has 1 aliphatic heterocycles. The van der Waals surface area contributed by atoms with Crippen molar-refractivity contribution in [3.05, 3.63) is 59.7 Å². The molecule has 1 aliphatic carbocycles. The Labute approximate surface area is 266 Å². The number of para-hydroxylation sites is 1. The molecule has 1 aromatic heterocycles. The van der Waals surface area contributed by atoms with Crippen LogP contribution < -0.4 is 15.4 Å². The van der Waals surface area contributed by atoms with Crippen LogP contribution in [0, 0.1) is 6.92 Å². The second-order valence-electron chi connectivity index (χ2n) is 12.4. The molecular formula is C36H46N4O5. The summed E-state index contributed by atoms with van der Waals surface area (Å²) in [6.07, 6.45) is 8.32. The number of hydrogen-bond donors (Lipinski definition) is 2. The Balaban J connectivity index is 1.34. The molecule has 2 aliphatic rings. The van der Waals surface area contributed by atoms with Gasteiger partial charge in [0.2, 0.25) is 5.91 Å². The standard InChI is InChI=1S/C36H46N4O5/c1-24-22-25(15-17-33(24)44-3)32-23-29(28-13-7-8-14-30(28)38-32)35(42)39-31(16-18-34(41)45-27-11-5-4-6-12-27)36(43)37-20-19-26-10-9-21-40(26)2/h7-8,13-15,17,22-23,26-27,31H,4-6,9-12,16,18-21H2,1-3H3,(H,37,43)(H,39,42). The van der Waals surface area contributed by atoms with Crippen molar-refractivity contribution in [2.45, 2.75) is 89.3 Å². The highest BCUT2D eigenvalue weighted by Crippen LogP contribution is 2.29. The van der Waals surface area contributed by atoms with Gasteiger partial charge in [-0.05, 0) is 108 Å². The number of benzene rings is 2. The van der Waals surface area contributed by atoms with Crippen molar-refractivity contribution >= 4 is 28.7 Å². The first kappa shape index (κ1) is 32.4. The molecule has 0 radical (unpaired) electrons. The van der Waals surface area contributed by atoms with Gasteiger partial charge in [0.1, 0.15) is 17.9 Å². The van der Waals surface area contributed by atoms with E-state index in [9.17, 15) is 14.4 Å². The fourth-order valence-electron chi connectivity index (χ4n) is 6.57. The monoisotopic (exact) mass is 614 g/mol. The Hall–Kier alpha value is -3.98. The zero-order chi connectivity index (χ0) is 31.8. The van der Waals surface area contributed by atoms with Crippen molar-refractivity contribution < 1.29 is 23.9 Å². The van der Waals surface area contributed by atoms with Gasteiger partial charge in [-0.25, -0.2) is 4.98 Å². The third kappa shape index (κ3) is 8.39. The van der Waals surface area contributed by atoms with Gasteiger partial charge in [0.15, 0.2) is 0 Å². The summed E-state index contributed by atoms with van der Waals surface area (Å²) < 4.78 is 11.1. The number of esters is 1. The van der Waals surface area contributed by atoms with Crippen LogP contribution >= 0.6 is 0 Å². The van der Waals surface area contributed by atoms with E-state index in [1.54, 1.807) is 13.2 Å². The first-order chi connectivity index (χ1) is 21.8. The van der Waals surface area contributed by atoms with Crippen LogP contribution in [0.1, 0.15) is 80.1 Å². The number of hydrogen-bond acceptors (Lipinski definition) is 7. The van der Waals surface area contributed by atoms with Gasteiger partial charge < -0.3 is 25.0 Å². The second kappa shape index (κ2) is 15.3. The van der Waals surface area contributed by atoms with E-state index in [0.29, 0.717) is 34.7 Å². The van der Waals surface area contributed by atoms with Gasteiger partial charge in [-0.3, -0.25) is 14.4 Å². The maximum absolute atomic E-state index is 14.0. The van der Waals surface area contributed by atoms with E-state index in [4.69, 9.17) is 14.5 Å². The van der Waals surface area contributed by atoms with Crippen molar-refractivity contribution in [3.63, 3.8) is 0 Å². The van der Waals surface area contributed by atoms with Gasteiger partial charge in [-0.1, -0.05) is 24.6 Å². The SMILES string of the molecule is COc1ccc(-c2cc(C(=O)NC(CCC(=O)OC3CCCCC3)C(=O)NCCC3CCCN3C)c3ccccc3n2)cc1C. The summed E-state index contributed by atoms with van der Waals surface area (Å²) in [4.78, 5) is 47.4. The van der Waals surface area contributed by atoms with Crippen LogP contribution in [0.3, 0.4) is 0 Å². The summed E-state index contributed by atoms with van der Waals surface area (Å²) in [5.74, 6) is -0.240. The van der Waals surface area contributed by atoms with Crippen LogP contribution in [0.2, 0.25) is 0 Å². The molecule has 2 heterocycles. The number of nitrogens with one attached hydrogen (secondary N) is 2. The smallest absolute Gasteiger partial charge is 0.306 e. The van der Waals surface area contributed by atoms with E-state index in [-0.39, 0.29) is 30.8 Å². The Kier molecular flexibility index (Phi) is 11.1. The predicted octanol–water partition coefficient (Wildman–Crippen LogP) is 5.57. The number of aryl methyl sites for hydroxylation is 1. The minimum absolute atomic E-state index is 0.0493. The maximum Gasteiger partial charge on any atom is 0.306 e. The molecular weight excluding hydrogens is 568 g/mol. The van der Waals surface area contributed by atoms with E-state index in [0.717, 1.165) is 68.4 Å². The fourth-order valence-corrected chi connectivity index (χ4v) is 6.57. The normalized spacial score (nSPS) is 18.0. The van der Waals surface area contributed by atoms with E-state index in [1.165, 1.54) is 6.42 Å². The van der Waals surface area contributed by atoms with Gasteiger partial charge in [0.25, 0.3) is 5.91 Å². The van der Waals surface area contributed by atoms with Crippen LogP contribution in [0.15, 0.2) is 48.5 Å². The largest absolute Gasteiger partial charge is 0.496 e. The molecule has 3 aromatic rings. The summed E-state index contributed by atoms with van der Waals surface area (Å²) in [5.41, 5.74) is 3.54. The molecule has 2 amide bonds. The molecule has 9 heteroatoms. The third-order valence-corrected chi connectivity index (χ3v) is 9.21. The molecule has 2 unspecified atom stereocenters. The molecule has 2 fully saturated rings. The minimum atomic E-state index is -0.892. The highest BCUT2D eigenvalue weighted by Gasteiger charge is 2.27. The Morgan fingerprint density at radius 3 is 2.56 bits per heavy atom. The zero-order valence-electron chi connectivity index (χ0n) is 26.8. The lowest BCUT2D eigenvalue weighted by Gasteiger charge is -2.23. The Morgan fingerprint density at radius 1 is 1.02 bits per heavy atom. The summed E-state index contributed by atoms with van der Waals surface area (Å²) >= 11 is 0. The van der Waals surface area contributed by atoms with Crippen LogP contribution in [0.25, 0.3) is 22.2 Å². The molecule has 9 nitrogen and oxygen atoms in total. The molecule has 1 saturated heterocycles. The first-order valence-electron chi connectivity index (χ1n) is 16.4. The number of methoxy groups -OCH3 is 1.